The molecular formula is C26H16INO2. The Balaban J connectivity index is 1.80. The van der Waals surface area contributed by atoms with Gasteiger partial charge in [-0.1, -0.05) is 66.7 Å². The third-order valence-corrected chi connectivity index (χ3v) is 6.81. The second kappa shape index (κ2) is 6.71. The summed E-state index contributed by atoms with van der Waals surface area (Å²) in [5, 5.41) is 6.88. The molecule has 0 aliphatic carbocycles. The van der Waals surface area contributed by atoms with Crippen molar-refractivity contribution < 1.29 is 4.42 Å². The highest BCUT2D eigenvalue weighted by Crippen LogP contribution is 2.48. The fraction of sp³-hybridized carbons (Fsp3) is 0.0385. The van der Waals surface area contributed by atoms with Crippen LogP contribution >= 0.6 is 22.6 Å². The van der Waals surface area contributed by atoms with Gasteiger partial charge < -0.3 is 9.73 Å². The molecule has 1 aromatic heterocycles. The number of hydrogen-bond donors (Lipinski definition) is 1. The lowest BCUT2D eigenvalue weighted by atomic mass is 9.83. The minimum absolute atomic E-state index is 0.275. The van der Waals surface area contributed by atoms with E-state index in [1.165, 1.54) is 0 Å². The average molecular weight is 501 g/mol. The van der Waals surface area contributed by atoms with Crippen LogP contribution in [0, 0.1) is 3.57 Å². The Kier molecular flexibility index (Phi) is 3.96. The van der Waals surface area contributed by atoms with E-state index in [4.69, 9.17) is 4.42 Å². The molecule has 3 nitrogen and oxygen atoms in total. The highest BCUT2D eigenvalue weighted by molar-refractivity contribution is 14.1. The number of anilines is 1. The highest BCUT2D eigenvalue weighted by atomic mass is 127. The molecule has 2 heterocycles. The van der Waals surface area contributed by atoms with Crippen LogP contribution in [0.15, 0.2) is 94.1 Å². The number of halogens is 1. The molecule has 1 atom stereocenters. The van der Waals surface area contributed by atoms with E-state index in [1.807, 2.05) is 48.5 Å². The Bertz CT molecular complexity index is 1520. The second-order valence-electron chi connectivity index (χ2n) is 7.48. The summed E-state index contributed by atoms with van der Waals surface area (Å²) in [6.07, 6.45) is 0. The smallest absolute Gasteiger partial charge is 0.342 e. The molecule has 1 N–H and O–H groups in total. The van der Waals surface area contributed by atoms with Crippen LogP contribution in [0.1, 0.15) is 17.2 Å². The van der Waals surface area contributed by atoms with E-state index in [1.54, 1.807) is 0 Å². The quantitative estimate of drug-likeness (QED) is 0.205. The van der Waals surface area contributed by atoms with Crippen molar-refractivity contribution in [1.29, 1.82) is 0 Å². The van der Waals surface area contributed by atoms with Crippen molar-refractivity contribution >= 4 is 50.0 Å². The Morgan fingerprint density at radius 1 is 0.767 bits per heavy atom. The van der Waals surface area contributed by atoms with Gasteiger partial charge in [0, 0.05) is 25.8 Å². The van der Waals surface area contributed by atoms with Crippen molar-refractivity contribution in [2.24, 2.45) is 0 Å². The van der Waals surface area contributed by atoms with Gasteiger partial charge in [-0.3, -0.25) is 0 Å². The summed E-state index contributed by atoms with van der Waals surface area (Å²) in [7, 11) is 0. The molecule has 30 heavy (non-hydrogen) atoms. The number of benzene rings is 4. The number of fused-ring (bicyclic) bond motifs is 7. The van der Waals surface area contributed by atoms with Crippen LogP contribution in [0.3, 0.4) is 0 Å². The molecule has 0 saturated carbocycles. The van der Waals surface area contributed by atoms with Crippen LogP contribution < -0.4 is 10.9 Å². The van der Waals surface area contributed by atoms with Crippen LogP contribution in [-0.2, 0) is 0 Å². The summed E-state index contributed by atoms with van der Waals surface area (Å²) < 4.78 is 6.89. The predicted octanol–water partition coefficient (Wildman–Crippen LogP) is 6.73. The molecule has 0 fully saturated rings. The van der Waals surface area contributed by atoms with Crippen molar-refractivity contribution in [1.82, 2.24) is 0 Å². The summed E-state index contributed by atoms with van der Waals surface area (Å²) in [5.41, 5.74) is 5.12. The Morgan fingerprint density at radius 2 is 1.50 bits per heavy atom. The van der Waals surface area contributed by atoms with Crippen molar-refractivity contribution in [2.75, 3.05) is 5.32 Å². The molecule has 0 radical (unpaired) electrons. The van der Waals surface area contributed by atoms with Gasteiger partial charge in [-0.2, -0.15) is 0 Å². The van der Waals surface area contributed by atoms with Gasteiger partial charge in [0.05, 0.1) is 11.6 Å². The zero-order valence-electron chi connectivity index (χ0n) is 15.9. The average Bonchev–Trinajstić information content (AvgIpc) is 2.78. The van der Waals surface area contributed by atoms with E-state index in [2.05, 4.69) is 64.3 Å². The third-order valence-electron chi connectivity index (χ3n) is 5.83. The van der Waals surface area contributed by atoms with Crippen LogP contribution in [0.25, 0.3) is 32.9 Å². The van der Waals surface area contributed by atoms with Crippen molar-refractivity contribution in [2.45, 2.75) is 6.04 Å². The van der Waals surface area contributed by atoms with E-state index in [0.717, 1.165) is 42.1 Å². The van der Waals surface area contributed by atoms with Gasteiger partial charge >= 0.3 is 5.63 Å². The molecule has 1 aliphatic heterocycles. The van der Waals surface area contributed by atoms with Crippen molar-refractivity contribution in [3.63, 3.8) is 0 Å². The predicted molar refractivity (Wildman–Crippen MR) is 130 cm³/mol. The first kappa shape index (κ1) is 17.7. The fourth-order valence-electron chi connectivity index (χ4n) is 4.53. The monoisotopic (exact) mass is 501 g/mol. The SMILES string of the molecule is O=c1oc2ccccc2c2c1C(c1ccccc1I)Nc1ccc3ccccc3c1-2. The molecule has 4 heteroatoms. The minimum atomic E-state index is -0.292. The molecule has 1 aliphatic rings. The second-order valence-corrected chi connectivity index (χ2v) is 8.64. The lowest BCUT2D eigenvalue weighted by molar-refractivity contribution is 0.547. The van der Waals surface area contributed by atoms with E-state index in [0.29, 0.717) is 11.1 Å². The van der Waals surface area contributed by atoms with E-state index in [-0.39, 0.29) is 11.7 Å². The molecule has 5 aromatic rings. The summed E-state index contributed by atoms with van der Waals surface area (Å²) in [5.74, 6) is 0. The maximum atomic E-state index is 13.3. The van der Waals surface area contributed by atoms with Crippen molar-refractivity contribution in [3.8, 4) is 11.1 Å². The molecule has 0 bridgehead atoms. The van der Waals surface area contributed by atoms with Crippen LogP contribution in [0.5, 0.6) is 0 Å². The number of para-hydroxylation sites is 1. The molecule has 0 spiro atoms. The first-order valence-corrected chi connectivity index (χ1v) is 10.9. The van der Waals surface area contributed by atoms with Crippen LogP contribution in [0.2, 0.25) is 0 Å². The summed E-state index contributed by atoms with van der Waals surface area (Å²) in [4.78, 5) is 13.3. The highest BCUT2D eigenvalue weighted by Gasteiger charge is 2.32. The topological polar surface area (TPSA) is 42.2 Å². The summed E-state index contributed by atoms with van der Waals surface area (Å²) >= 11 is 2.33. The maximum absolute atomic E-state index is 13.3. The lowest BCUT2D eigenvalue weighted by Crippen LogP contribution is -2.26. The molecule has 6 rings (SSSR count). The standard InChI is InChI=1S/C26H16INO2/c27-19-11-5-3-9-17(19)25-24-23(18-10-4-6-12-21(18)30-26(24)29)22-16-8-2-1-7-15(16)13-14-20(22)28-25/h1-14,25,28H. The zero-order chi connectivity index (χ0) is 20.2. The van der Waals surface area contributed by atoms with Gasteiger partial charge in [0.2, 0.25) is 0 Å². The molecule has 0 saturated heterocycles. The number of nitrogens with one attached hydrogen (secondary N) is 1. The maximum Gasteiger partial charge on any atom is 0.342 e. The van der Waals surface area contributed by atoms with Crippen molar-refractivity contribution in [3.05, 3.63) is 110 Å². The van der Waals surface area contributed by atoms with Gasteiger partial charge in [0.1, 0.15) is 5.58 Å². The van der Waals surface area contributed by atoms with E-state index < -0.39 is 0 Å². The van der Waals surface area contributed by atoms with E-state index >= 15 is 0 Å². The molecule has 1 unspecified atom stereocenters. The Hall–Kier alpha value is -3.12. The first-order valence-electron chi connectivity index (χ1n) is 9.81. The van der Waals surface area contributed by atoms with Crippen LogP contribution in [-0.4, -0.2) is 0 Å². The molecule has 4 aromatic carbocycles. The molecular weight excluding hydrogens is 485 g/mol. The van der Waals surface area contributed by atoms with Gasteiger partial charge in [-0.25, -0.2) is 4.79 Å². The van der Waals surface area contributed by atoms with Gasteiger partial charge in [-0.15, -0.1) is 0 Å². The normalized spacial score (nSPS) is 14.9. The van der Waals surface area contributed by atoms with Gasteiger partial charge in [0.25, 0.3) is 0 Å². The minimum Gasteiger partial charge on any atom is -0.422 e. The number of hydrogen-bond acceptors (Lipinski definition) is 3. The Labute approximate surface area is 186 Å². The first-order chi connectivity index (χ1) is 14.7. The van der Waals surface area contributed by atoms with E-state index in [9.17, 15) is 4.79 Å². The fourth-order valence-corrected chi connectivity index (χ4v) is 5.23. The van der Waals surface area contributed by atoms with Crippen LogP contribution in [0.4, 0.5) is 5.69 Å². The molecule has 144 valence electrons. The zero-order valence-corrected chi connectivity index (χ0v) is 18.0. The van der Waals surface area contributed by atoms with Gasteiger partial charge in [-0.05, 0) is 57.1 Å². The number of rotatable bonds is 1. The third kappa shape index (κ3) is 2.53. The molecule has 0 amide bonds. The van der Waals surface area contributed by atoms with Gasteiger partial charge in [0.15, 0.2) is 0 Å². The largest absolute Gasteiger partial charge is 0.422 e. The Morgan fingerprint density at radius 3 is 2.37 bits per heavy atom. The summed E-state index contributed by atoms with van der Waals surface area (Å²) in [6.45, 7) is 0. The lowest BCUT2D eigenvalue weighted by Gasteiger charge is -2.31. The summed E-state index contributed by atoms with van der Waals surface area (Å²) in [6, 6.07) is 28.3.